The van der Waals surface area contributed by atoms with Gasteiger partial charge >= 0.3 is 0 Å². The summed E-state index contributed by atoms with van der Waals surface area (Å²) in [6.45, 7) is 5.44. The second-order valence-electron chi connectivity index (χ2n) is 8.75. The molecule has 0 saturated heterocycles. The monoisotopic (exact) mass is 407 g/mol. The number of hydrogen-bond acceptors (Lipinski definition) is 5. The maximum absolute atomic E-state index is 13.3. The molecular weight excluding hydrogens is 382 g/mol. The number of fused-ring (bicyclic) bond motifs is 2. The van der Waals surface area contributed by atoms with Crippen molar-refractivity contribution in [2.75, 3.05) is 24.8 Å². The summed E-state index contributed by atoms with van der Waals surface area (Å²) in [5.74, 6) is 1.68. The largest absolute Gasteiger partial charge is 0.486 e. The van der Waals surface area contributed by atoms with E-state index < -0.39 is 0 Å². The minimum Gasteiger partial charge on any atom is -0.486 e. The summed E-state index contributed by atoms with van der Waals surface area (Å²) in [4.78, 5) is 14.5. The molecule has 0 amide bonds. The molecule has 0 spiro atoms. The minimum absolute atomic E-state index is 0.0402. The molecule has 2 aliphatic heterocycles. The predicted octanol–water partition coefficient (Wildman–Crippen LogP) is 5.38. The molecule has 2 aromatic rings. The van der Waals surface area contributed by atoms with Gasteiger partial charge in [0.2, 0.25) is 0 Å². The van der Waals surface area contributed by atoms with Crippen molar-refractivity contribution in [3.05, 3.63) is 58.8 Å². The Morgan fingerprint density at radius 3 is 2.41 bits per heavy atom. The number of ketones is 1. The highest BCUT2D eigenvalue weighted by Gasteiger charge is 2.41. The zero-order valence-electron chi connectivity index (χ0n) is 17.0. The van der Waals surface area contributed by atoms with Crippen molar-refractivity contribution in [1.29, 1.82) is 0 Å². The fourth-order valence-corrected chi connectivity index (χ4v) is 5.10. The number of hydrogen-bond donors (Lipinski definition) is 1. The molecule has 2 heterocycles. The van der Waals surface area contributed by atoms with Crippen molar-refractivity contribution in [2.45, 2.75) is 37.5 Å². The molecule has 0 fully saturated rings. The first-order valence-corrected chi connectivity index (χ1v) is 11.3. The molecule has 5 heteroatoms. The van der Waals surface area contributed by atoms with Crippen LogP contribution >= 0.6 is 11.8 Å². The van der Waals surface area contributed by atoms with Gasteiger partial charge < -0.3 is 14.8 Å². The van der Waals surface area contributed by atoms with Crippen molar-refractivity contribution < 1.29 is 14.3 Å². The van der Waals surface area contributed by atoms with Crippen LogP contribution < -0.4 is 14.8 Å². The van der Waals surface area contributed by atoms with Crippen LogP contribution in [0.5, 0.6) is 11.5 Å². The van der Waals surface area contributed by atoms with Crippen molar-refractivity contribution in [3.63, 3.8) is 0 Å². The number of thioether (sulfide) groups is 1. The van der Waals surface area contributed by atoms with Crippen molar-refractivity contribution in [2.24, 2.45) is 5.41 Å². The number of allylic oxidation sites excluding steroid dienone is 2. The van der Waals surface area contributed by atoms with Crippen molar-refractivity contribution in [3.8, 4) is 11.5 Å². The minimum atomic E-state index is -0.0865. The van der Waals surface area contributed by atoms with E-state index in [1.54, 1.807) is 11.8 Å². The van der Waals surface area contributed by atoms with Crippen LogP contribution in [0.2, 0.25) is 0 Å². The number of Topliss-reactive ketones (excluding diaryl/α,β-unsaturated/α-hetero) is 1. The maximum Gasteiger partial charge on any atom is 0.163 e. The van der Waals surface area contributed by atoms with Gasteiger partial charge in [-0.15, -0.1) is 11.8 Å². The van der Waals surface area contributed by atoms with E-state index in [1.165, 1.54) is 4.90 Å². The normalized spacial score (nSPS) is 21.9. The summed E-state index contributed by atoms with van der Waals surface area (Å²) in [6.07, 6.45) is 3.51. The van der Waals surface area contributed by atoms with E-state index in [9.17, 15) is 4.79 Å². The Kier molecular flexibility index (Phi) is 4.39. The van der Waals surface area contributed by atoms with E-state index >= 15 is 0 Å². The summed E-state index contributed by atoms with van der Waals surface area (Å²) in [5.41, 5.74) is 5.15. The lowest BCUT2D eigenvalue weighted by Crippen LogP contribution is -2.34. The Labute approximate surface area is 175 Å². The average molecular weight is 408 g/mol. The van der Waals surface area contributed by atoms with E-state index in [1.807, 2.05) is 6.07 Å². The first-order valence-electron chi connectivity index (χ1n) is 10.1. The first-order chi connectivity index (χ1) is 13.9. The van der Waals surface area contributed by atoms with Crippen LogP contribution in [0.3, 0.4) is 0 Å². The van der Waals surface area contributed by atoms with E-state index in [4.69, 9.17) is 9.47 Å². The smallest absolute Gasteiger partial charge is 0.163 e. The molecule has 0 aromatic heterocycles. The fraction of sp³-hybridized carbons (Fsp3) is 0.375. The number of benzene rings is 2. The molecule has 4 nitrogen and oxygen atoms in total. The summed E-state index contributed by atoms with van der Waals surface area (Å²) in [7, 11) is 0. The zero-order valence-corrected chi connectivity index (χ0v) is 17.8. The molecule has 1 N–H and O–H groups in total. The summed E-state index contributed by atoms with van der Waals surface area (Å²) in [6, 6.07) is 12.7. The van der Waals surface area contributed by atoms with Crippen molar-refractivity contribution in [1.82, 2.24) is 0 Å². The molecule has 2 aromatic carbocycles. The van der Waals surface area contributed by atoms with Gasteiger partial charge in [-0.3, -0.25) is 4.79 Å². The SMILES string of the molecule is CSc1ccc(C2C3=C(CC(C)(C)CC3=O)Nc3cc4c(cc32)OCCO4)cc1. The van der Waals surface area contributed by atoms with E-state index in [2.05, 4.69) is 55.8 Å². The molecule has 150 valence electrons. The van der Waals surface area contributed by atoms with Gasteiger partial charge in [-0.1, -0.05) is 26.0 Å². The summed E-state index contributed by atoms with van der Waals surface area (Å²) >= 11 is 1.72. The summed E-state index contributed by atoms with van der Waals surface area (Å²) < 4.78 is 11.7. The van der Waals surface area contributed by atoms with Gasteiger partial charge in [-0.05, 0) is 47.4 Å². The van der Waals surface area contributed by atoms with Gasteiger partial charge in [-0.25, -0.2) is 0 Å². The van der Waals surface area contributed by atoms with Gasteiger partial charge in [0.05, 0.1) is 0 Å². The Morgan fingerprint density at radius 2 is 1.72 bits per heavy atom. The molecule has 3 aliphatic rings. The fourth-order valence-electron chi connectivity index (χ4n) is 4.69. The highest BCUT2D eigenvalue weighted by molar-refractivity contribution is 7.98. The standard InChI is InChI=1S/C24H25NO3S/c1-24(2)12-18-23(19(26)13-24)22(14-4-6-15(29-3)7-5-14)16-10-20-21(11-17(16)25-18)28-9-8-27-20/h4-7,10-11,22,25H,8-9,12-13H2,1-3H3. The van der Waals surface area contributed by atoms with Crippen LogP contribution in [0, 0.1) is 5.41 Å². The second-order valence-corrected chi connectivity index (χ2v) is 9.63. The molecular formula is C24H25NO3S. The molecule has 0 bridgehead atoms. The van der Waals surface area contributed by atoms with Crippen LogP contribution in [-0.4, -0.2) is 25.3 Å². The molecule has 29 heavy (non-hydrogen) atoms. The van der Waals surface area contributed by atoms with Crippen LogP contribution in [-0.2, 0) is 4.79 Å². The van der Waals surface area contributed by atoms with Gasteiger partial charge in [-0.2, -0.15) is 0 Å². The number of nitrogens with one attached hydrogen (secondary N) is 1. The molecule has 0 radical (unpaired) electrons. The van der Waals surface area contributed by atoms with Gasteiger partial charge in [0.15, 0.2) is 17.3 Å². The van der Waals surface area contributed by atoms with E-state index in [0.29, 0.717) is 19.6 Å². The number of anilines is 1. The molecule has 1 unspecified atom stereocenters. The number of ether oxygens (including phenoxy) is 2. The maximum atomic E-state index is 13.3. The lowest BCUT2D eigenvalue weighted by atomic mass is 9.68. The lowest BCUT2D eigenvalue weighted by molar-refractivity contribution is -0.118. The van der Waals surface area contributed by atoms with Crippen molar-refractivity contribution >= 4 is 23.2 Å². The number of carbonyl (C=O) groups excluding carboxylic acids is 1. The predicted molar refractivity (Wildman–Crippen MR) is 116 cm³/mol. The molecule has 1 atom stereocenters. The van der Waals surface area contributed by atoms with Crippen LogP contribution in [0.1, 0.15) is 43.7 Å². The van der Waals surface area contributed by atoms with Crippen LogP contribution in [0.15, 0.2) is 52.6 Å². The summed E-state index contributed by atoms with van der Waals surface area (Å²) in [5, 5.41) is 3.58. The lowest BCUT2D eigenvalue weighted by Gasteiger charge is -2.40. The Morgan fingerprint density at radius 1 is 1.03 bits per heavy atom. The quantitative estimate of drug-likeness (QED) is 0.677. The highest BCUT2D eigenvalue weighted by atomic mass is 32.2. The van der Waals surface area contributed by atoms with E-state index in [-0.39, 0.29) is 17.1 Å². The van der Waals surface area contributed by atoms with Crippen LogP contribution in [0.4, 0.5) is 5.69 Å². The highest BCUT2D eigenvalue weighted by Crippen LogP contribution is 2.51. The van der Waals surface area contributed by atoms with E-state index in [0.717, 1.165) is 46.0 Å². The third-order valence-corrected chi connectivity index (χ3v) is 6.71. The Hall–Kier alpha value is -2.40. The average Bonchev–Trinajstić information content (AvgIpc) is 2.70. The van der Waals surface area contributed by atoms with Gasteiger partial charge in [0.1, 0.15) is 13.2 Å². The zero-order chi connectivity index (χ0) is 20.2. The molecule has 1 aliphatic carbocycles. The van der Waals surface area contributed by atoms with Gasteiger partial charge in [0.25, 0.3) is 0 Å². The second kappa shape index (κ2) is 6.84. The first kappa shape index (κ1) is 18.6. The van der Waals surface area contributed by atoms with Gasteiger partial charge in [0, 0.05) is 40.3 Å². The number of carbonyl (C=O) groups is 1. The number of rotatable bonds is 2. The Balaban J connectivity index is 1.70. The molecule has 0 saturated carbocycles. The Bertz CT molecular complexity index is 1020. The molecule has 5 rings (SSSR count). The van der Waals surface area contributed by atoms with Crippen LogP contribution in [0.25, 0.3) is 0 Å². The topological polar surface area (TPSA) is 47.6 Å². The third-order valence-electron chi connectivity index (χ3n) is 5.97. The third kappa shape index (κ3) is 3.21.